The van der Waals surface area contributed by atoms with Gasteiger partial charge in [0.2, 0.25) is 0 Å². The summed E-state index contributed by atoms with van der Waals surface area (Å²) in [5.74, 6) is 1.94. The highest BCUT2D eigenvalue weighted by Gasteiger charge is 2.37. The second-order valence-corrected chi connectivity index (χ2v) is 17.0. The Morgan fingerprint density at radius 2 is 1.65 bits per heavy atom. The second-order valence-electron chi connectivity index (χ2n) is 14.5. The quantitative estimate of drug-likeness (QED) is 0.122. The van der Waals surface area contributed by atoms with Gasteiger partial charge in [-0.2, -0.15) is 0 Å². The van der Waals surface area contributed by atoms with Crippen molar-refractivity contribution < 1.29 is 20.1 Å². The minimum Gasteiger partial charge on any atom is -0.481 e. The van der Waals surface area contributed by atoms with Gasteiger partial charge in [0.1, 0.15) is 0 Å². The van der Waals surface area contributed by atoms with Crippen molar-refractivity contribution in [3.05, 3.63) is 82.9 Å². The largest absolute Gasteiger partial charge is 0.481 e. The monoisotopic (exact) mass is 695 g/mol. The smallest absolute Gasteiger partial charge is 0.309 e. The van der Waals surface area contributed by atoms with Crippen molar-refractivity contribution in [2.75, 3.05) is 12.3 Å². The van der Waals surface area contributed by atoms with Gasteiger partial charge in [0, 0.05) is 11.5 Å². The maximum Gasteiger partial charge on any atom is 0.309 e. The number of aryl methyl sites for hydroxylation is 1. The molecule has 0 aromatic heterocycles. The SMILES string of the molecule is CC(O)C(C(=O)O)C1CCc2ccccc2CSSCC(Cc2cccc(CO)c2)C(CC=CCCC2CCCCC2)CCC1CCN. The van der Waals surface area contributed by atoms with Crippen LogP contribution in [0.2, 0.25) is 0 Å². The first-order chi connectivity index (χ1) is 23.4. The molecule has 1 saturated carbocycles. The lowest BCUT2D eigenvalue weighted by atomic mass is 9.71. The first-order valence-electron chi connectivity index (χ1n) is 18.6. The molecule has 266 valence electrons. The van der Waals surface area contributed by atoms with Crippen LogP contribution >= 0.6 is 21.6 Å². The first kappa shape index (κ1) is 39.0. The molecule has 5 N–H and O–H groups in total. The summed E-state index contributed by atoms with van der Waals surface area (Å²) in [6.07, 6.45) is 19.5. The van der Waals surface area contributed by atoms with Gasteiger partial charge < -0.3 is 21.1 Å². The van der Waals surface area contributed by atoms with E-state index in [1.807, 2.05) is 27.7 Å². The highest BCUT2D eigenvalue weighted by Crippen LogP contribution is 2.40. The van der Waals surface area contributed by atoms with Crippen molar-refractivity contribution in [3.8, 4) is 0 Å². The van der Waals surface area contributed by atoms with Crippen molar-refractivity contribution in [1.82, 2.24) is 0 Å². The van der Waals surface area contributed by atoms with Crippen molar-refractivity contribution in [2.45, 2.75) is 115 Å². The number of allylic oxidation sites excluding steroid dienone is 2. The number of aliphatic carboxylic acids is 1. The molecule has 0 radical (unpaired) electrons. The summed E-state index contributed by atoms with van der Waals surface area (Å²) >= 11 is 0. The Balaban J connectivity index is 1.63. The average Bonchev–Trinajstić information content (AvgIpc) is 3.09. The Kier molecular flexibility index (Phi) is 17.4. The van der Waals surface area contributed by atoms with Crippen LogP contribution in [0.1, 0.15) is 106 Å². The molecule has 1 aliphatic carbocycles. The topological polar surface area (TPSA) is 104 Å². The predicted octanol–water partition coefficient (Wildman–Crippen LogP) is 9.23. The lowest BCUT2D eigenvalue weighted by Gasteiger charge is -2.35. The molecule has 1 heterocycles. The fourth-order valence-corrected chi connectivity index (χ4v) is 11.0. The van der Waals surface area contributed by atoms with Crippen molar-refractivity contribution in [3.63, 3.8) is 0 Å². The van der Waals surface area contributed by atoms with Crippen LogP contribution in [0.3, 0.4) is 0 Å². The van der Waals surface area contributed by atoms with Crippen LogP contribution < -0.4 is 5.73 Å². The Labute approximate surface area is 298 Å². The number of benzene rings is 2. The summed E-state index contributed by atoms with van der Waals surface area (Å²) in [4.78, 5) is 12.7. The van der Waals surface area contributed by atoms with E-state index in [4.69, 9.17) is 5.73 Å². The lowest BCUT2D eigenvalue weighted by molar-refractivity contribution is -0.149. The third kappa shape index (κ3) is 12.5. The van der Waals surface area contributed by atoms with Crippen LogP contribution in [0.4, 0.5) is 0 Å². The van der Waals surface area contributed by atoms with Crippen molar-refractivity contribution in [1.29, 1.82) is 0 Å². The predicted molar refractivity (Wildman–Crippen MR) is 204 cm³/mol. The minimum atomic E-state index is -0.927. The molecule has 5 nitrogen and oxygen atoms in total. The van der Waals surface area contributed by atoms with Crippen LogP contribution in [-0.4, -0.2) is 39.7 Å². The molecule has 4 rings (SSSR count). The minimum absolute atomic E-state index is 0.0475. The fraction of sp³-hybridized carbons (Fsp3) is 0.634. The third-order valence-electron chi connectivity index (χ3n) is 11.2. The number of carbonyl (C=O) groups is 1. The van der Waals surface area contributed by atoms with Crippen LogP contribution in [0, 0.1) is 35.5 Å². The average molecular weight is 696 g/mol. The Morgan fingerprint density at radius 3 is 2.38 bits per heavy atom. The van der Waals surface area contributed by atoms with E-state index in [0.29, 0.717) is 18.4 Å². The first-order valence-corrected chi connectivity index (χ1v) is 21.1. The Morgan fingerprint density at radius 1 is 0.896 bits per heavy atom. The number of aliphatic hydroxyl groups excluding tert-OH is 2. The maximum absolute atomic E-state index is 12.7. The zero-order chi connectivity index (χ0) is 34.1. The molecule has 0 saturated heterocycles. The fourth-order valence-electron chi connectivity index (χ4n) is 8.44. The van der Waals surface area contributed by atoms with E-state index in [0.717, 1.165) is 74.4 Å². The van der Waals surface area contributed by atoms with Gasteiger partial charge in [-0.3, -0.25) is 4.79 Å². The van der Waals surface area contributed by atoms with Gasteiger partial charge in [0.05, 0.1) is 18.6 Å². The molecule has 48 heavy (non-hydrogen) atoms. The summed E-state index contributed by atoms with van der Waals surface area (Å²) < 4.78 is 0. The molecule has 7 heteroatoms. The molecule has 2 aromatic carbocycles. The van der Waals surface area contributed by atoms with Gasteiger partial charge >= 0.3 is 5.97 Å². The van der Waals surface area contributed by atoms with Gasteiger partial charge in [-0.05, 0) is 123 Å². The zero-order valence-corrected chi connectivity index (χ0v) is 30.8. The highest BCUT2D eigenvalue weighted by molar-refractivity contribution is 8.76. The molecule has 6 atom stereocenters. The molecule has 1 aliphatic heterocycles. The van der Waals surface area contributed by atoms with E-state index in [1.165, 1.54) is 55.2 Å². The van der Waals surface area contributed by atoms with Gasteiger partial charge in [-0.15, -0.1) is 0 Å². The standard InChI is InChI=1S/C41H61NO4S2/c1-30(44)40(41(45)46)39-22-21-34-17-8-9-18-37(34)28-47-48-29-38(26-32-14-10-15-33(25-32)27-43)35(19-20-36(39)23-24-42)16-7-3-6-13-31-11-4-2-5-12-31/h3,7-10,14-15,17-18,25,30-31,35-36,38-40,43-44H,2,4-6,11-13,16,19-24,26-29,42H2,1H3,(H,45,46). The van der Waals surface area contributed by atoms with Crippen LogP contribution in [0.15, 0.2) is 60.7 Å². The number of nitrogens with two attached hydrogens (primary N) is 1. The van der Waals surface area contributed by atoms with Crippen molar-refractivity contribution in [2.24, 2.45) is 41.2 Å². The van der Waals surface area contributed by atoms with E-state index in [-0.39, 0.29) is 18.4 Å². The number of fused-ring (bicyclic) bond motifs is 1. The van der Waals surface area contributed by atoms with Gasteiger partial charge in [-0.25, -0.2) is 0 Å². The van der Waals surface area contributed by atoms with E-state index in [1.54, 1.807) is 6.92 Å². The molecule has 2 aromatic rings. The molecule has 2 aliphatic rings. The molecule has 0 spiro atoms. The lowest BCUT2D eigenvalue weighted by Crippen LogP contribution is -2.38. The number of rotatable bonds is 13. The van der Waals surface area contributed by atoms with Gasteiger partial charge in [-0.1, -0.05) is 114 Å². The van der Waals surface area contributed by atoms with E-state index >= 15 is 0 Å². The van der Waals surface area contributed by atoms with E-state index < -0.39 is 18.0 Å². The summed E-state index contributed by atoms with van der Waals surface area (Å²) in [5.41, 5.74) is 11.0. The molecular formula is C41H61NO4S2. The highest BCUT2D eigenvalue weighted by atomic mass is 33.1. The number of carboxylic acids is 1. The summed E-state index contributed by atoms with van der Waals surface area (Å²) in [7, 11) is 3.91. The number of carboxylic acid groups (broad SMARTS) is 1. The Bertz CT molecular complexity index is 1250. The number of hydrogen-bond acceptors (Lipinski definition) is 6. The third-order valence-corrected chi connectivity index (χ3v) is 13.6. The van der Waals surface area contributed by atoms with E-state index in [9.17, 15) is 20.1 Å². The molecular weight excluding hydrogens is 635 g/mol. The van der Waals surface area contributed by atoms with Crippen LogP contribution in [-0.2, 0) is 30.0 Å². The second kappa shape index (κ2) is 21.4. The van der Waals surface area contributed by atoms with Gasteiger partial charge in [0.25, 0.3) is 0 Å². The number of aliphatic hydroxyl groups is 2. The zero-order valence-electron chi connectivity index (χ0n) is 29.2. The van der Waals surface area contributed by atoms with Gasteiger partial charge in [0.15, 0.2) is 0 Å². The van der Waals surface area contributed by atoms with Crippen molar-refractivity contribution >= 4 is 27.6 Å². The molecule has 0 bridgehead atoms. The molecule has 1 fully saturated rings. The molecule has 0 amide bonds. The van der Waals surface area contributed by atoms with Crippen LogP contribution in [0.5, 0.6) is 0 Å². The molecule has 6 unspecified atom stereocenters. The normalized spacial score (nSPS) is 24.8. The maximum atomic E-state index is 12.7. The Hall–Kier alpha value is -1.77. The summed E-state index contributed by atoms with van der Waals surface area (Å²) in [6, 6.07) is 17.0. The van der Waals surface area contributed by atoms with E-state index in [2.05, 4.69) is 54.6 Å². The van der Waals surface area contributed by atoms with Crippen LogP contribution in [0.25, 0.3) is 0 Å². The summed E-state index contributed by atoms with van der Waals surface area (Å²) in [6.45, 7) is 2.20. The summed E-state index contributed by atoms with van der Waals surface area (Å²) in [5, 5.41) is 31.0. The number of hydrogen-bond donors (Lipinski definition) is 4.